The summed E-state index contributed by atoms with van der Waals surface area (Å²) in [7, 11) is 0. The van der Waals surface area contributed by atoms with Crippen LogP contribution in [0.1, 0.15) is 101 Å². The summed E-state index contributed by atoms with van der Waals surface area (Å²) in [5.74, 6) is -1.50. The molecule has 0 aliphatic carbocycles. The van der Waals surface area contributed by atoms with Crippen molar-refractivity contribution in [3.05, 3.63) is 41.5 Å². The maximum atomic E-state index is 12.6. The quantitative estimate of drug-likeness (QED) is 0.128. The molecule has 7 heteroatoms. The summed E-state index contributed by atoms with van der Waals surface area (Å²) < 4.78 is 11.8. The highest BCUT2D eigenvalue weighted by molar-refractivity contribution is 5.70. The summed E-state index contributed by atoms with van der Waals surface area (Å²) in [5, 5.41) is 39.8. The van der Waals surface area contributed by atoms with Crippen LogP contribution in [0.25, 0.3) is 0 Å². The monoisotopic (exact) mass is 500 g/mol. The van der Waals surface area contributed by atoms with Crippen LogP contribution in [0, 0.1) is 0 Å². The van der Waals surface area contributed by atoms with Crippen LogP contribution in [0.4, 0.5) is 0 Å². The molecular weight excluding hydrogens is 460 g/mol. The van der Waals surface area contributed by atoms with E-state index in [0.29, 0.717) is 17.5 Å². The molecule has 2 aromatic carbocycles. The van der Waals surface area contributed by atoms with Gasteiger partial charge >= 0.3 is 5.97 Å². The van der Waals surface area contributed by atoms with E-state index >= 15 is 0 Å². The highest BCUT2D eigenvalue weighted by Crippen LogP contribution is 2.46. The second-order valence-electron chi connectivity index (χ2n) is 9.73. The van der Waals surface area contributed by atoms with E-state index in [1.807, 2.05) is 0 Å². The molecule has 1 heterocycles. The highest BCUT2D eigenvalue weighted by atomic mass is 16.6. The minimum atomic E-state index is -0.821. The Labute approximate surface area is 213 Å². The fraction of sp³-hybridized carbons (Fsp3) is 0.552. The predicted molar refractivity (Wildman–Crippen MR) is 138 cm³/mol. The van der Waals surface area contributed by atoms with Gasteiger partial charge in [0.1, 0.15) is 6.10 Å². The molecule has 1 aliphatic heterocycles. The first-order valence-electron chi connectivity index (χ1n) is 13.3. The van der Waals surface area contributed by atoms with Crippen LogP contribution < -0.4 is 4.74 Å². The van der Waals surface area contributed by atoms with Gasteiger partial charge < -0.3 is 29.9 Å². The summed E-state index contributed by atoms with van der Waals surface area (Å²) in [4.78, 5) is 12.6. The Morgan fingerprint density at radius 2 is 1.44 bits per heavy atom. The van der Waals surface area contributed by atoms with Crippen molar-refractivity contribution in [1.82, 2.24) is 0 Å². The van der Waals surface area contributed by atoms with Gasteiger partial charge in [-0.05, 0) is 24.6 Å². The van der Waals surface area contributed by atoms with E-state index < -0.39 is 12.2 Å². The van der Waals surface area contributed by atoms with E-state index in [2.05, 4.69) is 6.92 Å². The molecule has 198 valence electrons. The van der Waals surface area contributed by atoms with Gasteiger partial charge in [0.2, 0.25) is 5.75 Å². The van der Waals surface area contributed by atoms with E-state index in [-0.39, 0.29) is 41.1 Å². The average Bonchev–Trinajstić information content (AvgIpc) is 2.86. The molecule has 1 unspecified atom stereocenters. The van der Waals surface area contributed by atoms with E-state index in [9.17, 15) is 25.2 Å². The number of aromatic hydroxyl groups is 4. The molecule has 1 aliphatic rings. The number of rotatable bonds is 14. The average molecular weight is 501 g/mol. The molecule has 3 rings (SSSR count). The molecule has 0 amide bonds. The van der Waals surface area contributed by atoms with Gasteiger partial charge in [-0.15, -0.1) is 0 Å². The van der Waals surface area contributed by atoms with Crippen molar-refractivity contribution in [2.75, 3.05) is 0 Å². The zero-order chi connectivity index (χ0) is 25.9. The maximum Gasteiger partial charge on any atom is 0.306 e. The van der Waals surface area contributed by atoms with Gasteiger partial charge in [0.25, 0.3) is 0 Å². The molecule has 0 fully saturated rings. The van der Waals surface area contributed by atoms with Crippen molar-refractivity contribution in [2.45, 2.75) is 103 Å². The van der Waals surface area contributed by atoms with Crippen LogP contribution in [-0.4, -0.2) is 32.5 Å². The Morgan fingerprint density at radius 3 is 2.08 bits per heavy atom. The van der Waals surface area contributed by atoms with Crippen molar-refractivity contribution in [2.24, 2.45) is 0 Å². The number of fused-ring (bicyclic) bond motifs is 1. The molecule has 2 aromatic rings. The molecule has 0 aromatic heterocycles. The van der Waals surface area contributed by atoms with Crippen LogP contribution in [-0.2, 0) is 16.0 Å². The molecule has 4 N–H and O–H groups in total. The number of ether oxygens (including phenoxy) is 2. The van der Waals surface area contributed by atoms with Crippen molar-refractivity contribution in [3.8, 4) is 28.7 Å². The van der Waals surface area contributed by atoms with Gasteiger partial charge in [0.15, 0.2) is 29.1 Å². The van der Waals surface area contributed by atoms with Crippen LogP contribution >= 0.6 is 0 Å². The van der Waals surface area contributed by atoms with E-state index in [4.69, 9.17) is 9.47 Å². The number of carbonyl (C=O) groups excluding carboxylic acids is 1. The minimum Gasteiger partial charge on any atom is -0.504 e. The summed E-state index contributed by atoms with van der Waals surface area (Å²) in [6.07, 6.45) is 12.3. The molecule has 0 saturated heterocycles. The Hall–Kier alpha value is -3.09. The number of phenols is 4. The summed E-state index contributed by atoms with van der Waals surface area (Å²) >= 11 is 0. The largest absolute Gasteiger partial charge is 0.504 e. The normalized spacial score (nSPS) is 16.8. The smallest absolute Gasteiger partial charge is 0.306 e. The third kappa shape index (κ3) is 7.70. The first-order chi connectivity index (χ1) is 17.4. The third-order valence-electron chi connectivity index (χ3n) is 6.79. The molecule has 0 bridgehead atoms. The Balaban J connectivity index is 1.51. The summed E-state index contributed by atoms with van der Waals surface area (Å²) in [6.45, 7) is 2.23. The maximum absolute atomic E-state index is 12.6. The number of unbranched alkanes of at least 4 members (excludes halogenated alkanes) is 10. The fourth-order valence-electron chi connectivity index (χ4n) is 4.69. The molecule has 36 heavy (non-hydrogen) atoms. The van der Waals surface area contributed by atoms with Crippen LogP contribution in [0.15, 0.2) is 30.3 Å². The molecule has 0 spiro atoms. The first kappa shape index (κ1) is 27.5. The first-order valence-corrected chi connectivity index (χ1v) is 13.3. The third-order valence-corrected chi connectivity index (χ3v) is 6.79. The lowest BCUT2D eigenvalue weighted by molar-refractivity contribution is -0.155. The number of hydrogen-bond donors (Lipinski definition) is 4. The van der Waals surface area contributed by atoms with Gasteiger partial charge in [-0.1, -0.05) is 83.3 Å². The minimum absolute atomic E-state index is 0.116. The Kier molecular flexibility index (Phi) is 10.6. The lowest BCUT2D eigenvalue weighted by Gasteiger charge is -2.34. The second-order valence-corrected chi connectivity index (χ2v) is 9.73. The number of carbonyl (C=O) groups is 1. The number of benzene rings is 2. The predicted octanol–water partition coefficient (Wildman–Crippen LogP) is 6.80. The number of hydrogen-bond acceptors (Lipinski definition) is 7. The highest BCUT2D eigenvalue weighted by Gasteiger charge is 2.36. The SMILES string of the molecule is CCCCCCCCCCCCCC(=O)O[C@@H]1Cc2ccc(O)c(O)c2OC1c1ccc(O)c(O)c1. The zero-order valence-electron chi connectivity index (χ0n) is 21.2. The van der Waals surface area contributed by atoms with Crippen molar-refractivity contribution < 1.29 is 34.7 Å². The fourth-order valence-corrected chi connectivity index (χ4v) is 4.69. The van der Waals surface area contributed by atoms with Crippen molar-refractivity contribution in [1.29, 1.82) is 0 Å². The van der Waals surface area contributed by atoms with Gasteiger partial charge in [0, 0.05) is 24.0 Å². The van der Waals surface area contributed by atoms with Crippen LogP contribution in [0.2, 0.25) is 0 Å². The van der Waals surface area contributed by atoms with Crippen molar-refractivity contribution in [3.63, 3.8) is 0 Å². The molecule has 2 atom stereocenters. The van der Waals surface area contributed by atoms with Crippen LogP contribution in [0.5, 0.6) is 28.7 Å². The lowest BCUT2D eigenvalue weighted by Crippen LogP contribution is -2.34. The van der Waals surface area contributed by atoms with Crippen LogP contribution in [0.3, 0.4) is 0 Å². The standard InChI is InChI=1S/C29H40O7/c1-2-3-4-5-6-7-8-9-10-11-12-13-26(33)35-25-19-21-15-17-23(31)27(34)29(21)36-28(25)20-14-16-22(30)24(32)18-20/h14-18,25,28,30-32,34H,2-13,19H2,1H3/t25-,28?/m1/s1. The number of esters is 1. The lowest BCUT2D eigenvalue weighted by atomic mass is 9.93. The number of phenolic OH excluding ortho intramolecular Hbond substituents is 4. The van der Waals surface area contributed by atoms with Gasteiger partial charge in [-0.3, -0.25) is 4.79 Å². The Bertz CT molecular complexity index is 988. The van der Waals surface area contributed by atoms with E-state index in [1.54, 1.807) is 12.1 Å². The topological polar surface area (TPSA) is 116 Å². The van der Waals surface area contributed by atoms with Gasteiger partial charge in [-0.2, -0.15) is 0 Å². The zero-order valence-corrected chi connectivity index (χ0v) is 21.2. The van der Waals surface area contributed by atoms with E-state index in [1.165, 1.54) is 69.6 Å². The molecular formula is C29H40O7. The summed E-state index contributed by atoms with van der Waals surface area (Å²) in [5.41, 5.74) is 1.09. The van der Waals surface area contributed by atoms with Gasteiger partial charge in [-0.25, -0.2) is 0 Å². The van der Waals surface area contributed by atoms with Crippen molar-refractivity contribution >= 4 is 5.97 Å². The summed E-state index contributed by atoms with van der Waals surface area (Å²) in [6, 6.07) is 7.23. The molecule has 0 saturated carbocycles. The molecule has 7 nitrogen and oxygen atoms in total. The van der Waals surface area contributed by atoms with E-state index in [0.717, 1.165) is 19.3 Å². The van der Waals surface area contributed by atoms with Gasteiger partial charge in [0.05, 0.1) is 0 Å². The Morgan fingerprint density at radius 1 is 0.833 bits per heavy atom. The second kappa shape index (κ2) is 13.9. The molecule has 0 radical (unpaired) electrons.